The van der Waals surface area contributed by atoms with Gasteiger partial charge in [0, 0.05) is 19.5 Å². The van der Waals surface area contributed by atoms with E-state index in [0.29, 0.717) is 5.75 Å². The van der Waals surface area contributed by atoms with Gasteiger partial charge in [-0.05, 0) is 42.2 Å². The van der Waals surface area contributed by atoms with E-state index < -0.39 is 40.3 Å². The SMILES string of the molecule is CCC(CC)CN(C[C@@H](O)C(Cc1ccccc1)NC(=O)O[C@@H]1CCOC1=O)S(=O)(=O)c1ccc(OC)cc1. The lowest BCUT2D eigenvalue weighted by molar-refractivity contribution is -0.144. The molecule has 2 aromatic rings. The molecule has 1 heterocycles. The molecule has 1 unspecified atom stereocenters. The molecule has 2 N–H and O–H groups in total. The minimum atomic E-state index is -3.98. The maximum atomic E-state index is 13.7. The number of esters is 1. The predicted octanol–water partition coefficient (Wildman–Crippen LogP) is 3.14. The van der Waals surface area contributed by atoms with E-state index in [1.807, 2.05) is 44.2 Å². The summed E-state index contributed by atoms with van der Waals surface area (Å²) < 4.78 is 43.9. The van der Waals surface area contributed by atoms with Gasteiger partial charge in [-0.2, -0.15) is 4.31 Å². The highest BCUT2D eigenvalue weighted by molar-refractivity contribution is 7.89. The first-order chi connectivity index (χ1) is 18.7. The Hall–Kier alpha value is -3.15. The van der Waals surface area contributed by atoms with Crippen molar-refractivity contribution in [2.75, 3.05) is 26.8 Å². The minimum Gasteiger partial charge on any atom is -0.497 e. The molecule has 39 heavy (non-hydrogen) atoms. The van der Waals surface area contributed by atoms with Crippen LogP contribution in [0.3, 0.4) is 0 Å². The summed E-state index contributed by atoms with van der Waals surface area (Å²) in [5.74, 6) is -0.0198. The van der Waals surface area contributed by atoms with Crippen molar-refractivity contribution in [2.24, 2.45) is 5.92 Å². The smallest absolute Gasteiger partial charge is 0.408 e. The molecule has 3 rings (SSSR count). The number of hydrogen-bond acceptors (Lipinski definition) is 8. The zero-order valence-corrected chi connectivity index (χ0v) is 23.4. The highest BCUT2D eigenvalue weighted by Gasteiger charge is 2.34. The molecule has 10 nitrogen and oxygen atoms in total. The zero-order chi connectivity index (χ0) is 28.4. The Bertz CT molecular complexity index is 1170. The number of cyclic esters (lactones) is 1. The molecular formula is C28H38N2O8S. The Balaban J connectivity index is 1.85. The molecule has 0 bridgehead atoms. The van der Waals surface area contributed by atoms with Crippen molar-refractivity contribution < 1.29 is 37.3 Å². The van der Waals surface area contributed by atoms with E-state index >= 15 is 0 Å². The van der Waals surface area contributed by atoms with Gasteiger partial charge in [-0.25, -0.2) is 18.0 Å². The molecule has 214 valence electrons. The highest BCUT2D eigenvalue weighted by Crippen LogP contribution is 2.23. The summed E-state index contributed by atoms with van der Waals surface area (Å²) in [6, 6.07) is 14.4. The minimum absolute atomic E-state index is 0.0732. The number of alkyl carbamates (subject to hydrolysis) is 1. The molecule has 1 aliphatic heterocycles. The molecule has 0 aromatic heterocycles. The number of carbonyl (C=O) groups excluding carboxylic acids is 2. The predicted molar refractivity (Wildman–Crippen MR) is 145 cm³/mol. The van der Waals surface area contributed by atoms with E-state index in [0.717, 1.165) is 18.4 Å². The second-order valence-electron chi connectivity index (χ2n) is 9.54. The summed E-state index contributed by atoms with van der Waals surface area (Å²) in [5, 5.41) is 14.0. The van der Waals surface area contributed by atoms with Crippen molar-refractivity contribution in [3.8, 4) is 5.75 Å². The molecule has 0 radical (unpaired) electrons. The fourth-order valence-electron chi connectivity index (χ4n) is 4.39. The standard InChI is InChI=1S/C28H38N2O8S/c1-4-20(5-2)18-30(39(34,35)23-13-11-22(36-3)12-14-23)19-25(31)24(17-21-9-7-6-8-10-21)29-28(33)38-26-15-16-37-27(26)32/h6-14,20,24-26,31H,4-5,15-19H2,1-3H3,(H,29,33)/t24?,25-,26-/m1/s1. The number of methoxy groups -OCH3 is 1. The van der Waals surface area contributed by atoms with Gasteiger partial charge in [-0.3, -0.25) is 0 Å². The van der Waals surface area contributed by atoms with Gasteiger partial charge in [-0.15, -0.1) is 0 Å². The van der Waals surface area contributed by atoms with E-state index in [2.05, 4.69) is 5.32 Å². The summed E-state index contributed by atoms with van der Waals surface area (Å²) in [7, 11) is -2.48. The van der Waals surface area contributed by atoms with Crippen molar-refractivity contribution in [2.45, 2.75) is 62.7 Å². The topological polar surface area (TPSA) is 131 Å². The van der Waals surface area contributed by atoms with Gasteiger partial charge in [-0.1, -0.05) is 57.0 Å². The first-order valence-corrected chi connectivity index (χ1v) is 14.6. The Morgan fingerprint density at radius 2 is 1.77 bits per heavy atom. The van der Waals surface area contributed by atoms with E-state index in [9.17, 15) is 23.1 Å². The monoisotopic (exact) mass is 562 g/mol. The van der Waals surface area contributed by atoms with Crippen LogP contribution in [-0.2, 0) is 30.7 Å². The Morgan fingerprint density at radius 3 is 2.33 bits per heavy atom. The van der Waals surface area contributed by atoms with Crippen LogP contribution in [0.25, 0.3) is 0 Å². The molecular weight excluding hydrogens is 524 g/mol. The highest BCUT2D eigenvalue weighted by atomic mass is 32.2. The number of rotatable bonds is 14. The van der Waals surface area contributed by atoms with E-state index in [4.69, 9.17) is 14.2 Å². The molecule has 0 spiro atoms. The third kappa shape index (κ3) is 8.42. The van der Waals surface area contributed by atoms with Gasteiger partial charge in [0.05, 0.1) is 30.8 Å². The van der Waals surface area contributed by atoms with Crippen LogP contribution >= 0.6 is 0 Å². The Labute approximate surface area is 230 Å². The second kappa shape index (κ2) is 14.3. The number of ether oxygens (including phenoxy) is 3. The number of benzene rings is 2. The Morgan fingerprint density at radius 1 is 1.10 bits per heavy atom. The summed E-state index contributed by atoms with van der Waals surface area (Å²) in [5.41, 5.74) is 0.826. The summed E-state index contributed by atoms with van der Waals surface area (Å²) >= 11 is 0. The van der Waals surface area contributed by atoms with E-state index in [1.165, 1.54) is 23.5 Å². The fourth-order valence-corrected chi connectivity index (χ4v) is 5.92. The van der Waals surface area contributed by atoms with Gasteiger partial charge in [0.1, 0.15) is 5.75 Å². The second-order valence-corrected chi connectivity index (χ2v) is 11.5. The van der Waals surface area contributed by atoms with Crippen LogP contribution in [0.4, 0.5) is 4.79 Å². The number of nitrogens with one attached hydrogen (secondary N) is 1. The summed E-state index contributed by atoms with van der Waals surface area (Å²) in [4.78, 5) is 24.5. The van der Waals surface area contributed by atoms with Crippen LogP contribution < -0.4 is 10.1 Å². The molecule has 1 amide bonds. The largest absolute Gasteiger partial charge is 0.497 e. The van der Waals surface area contributed by atoms with Crippen LogP contribution in [0.2, 0.25) is 0 Å². The van der Waals surface area contributed by atoms with Gasteiger partial charge >= 0.3 is 12.1 Å². The van der Waals surface area contributed by atoms with Gasteiger partial charge in [0.2, 0.25) is 16.1 Å². The molecule has 0 saturated carbocycles. The lowest BCUT2D eigenvalue weighted by Gasteiger charge is -2.31. The molecule has 3 atom stereocenters. The maximum Gasteiger partial charge on any atom is 0.408 e. The van der Waals surface area contributed by atoms with E-state index in [1.54, 1.807) is 12.1 Å². The molecule has 1 fully saturated rings. The van der Waals surface area contributed by atoms with Crippen LogP contribution in [0.1, 0.15) is 38.7 Å². The average molecular weight is 563 g/mol. The van der Waals surface area contributed by atoms with Crippen molar-refractivity contribution in [3.63, 3.8) is 0 Å². The van der Waals surface area contributed by atoms with Crippen molar-refractivity contribution in [3.05, 3.63) is 60.2 Å². The van der Waals surface area contributed by atoms with Gasteiger partial charge in [0.25, 0.3) is 0 Å². The van der Waals surface area contributed by atoms with Gasteiger partial charge < -0.3 is 24.6 Å². The molecule has 11 heteroatoms. The maximum absolute atomic E-state index is 13.7. The molecule has 1 saturated heterocycles. The van der Waals surface area contributed by atoms with Gasteiger partial charge in [0.15, 0.2) is 0 Å². The third-order valence-corrected chi connectivity index (χ3v) is 8.75. The Kier molecular flexibility index (Phi) is 11.1. The molecule has 0 aliphatic carbocycles. The number of carbonyl (C=O) groups is 2. The lowest BCUT2D eigenvalue weighted by Crippen LogP contribution is -2.51. The molecule has 2 aromatic carbocycles. The summed E-state index contributed by atoms with van der Waals surface area (Å²) in [6.45, 7) is 4.10. The number of sulfonamides is 1. The van der Waals surface area contributed by atoms with Crippen molar-refractivity contribution in [1.29, 1.82) is 0 Å². The number of aliphatic hydroxyl groups excluding tert-OH is 1. The quantitative estimate of drug-likeness (QED) is 0.336. The molecule has 1 aliphatic rings. The van der Waals surface area contributed by atoms with E-state index in [-0.39, 0.29) is 43.4 Å². The normalized spacial score (nSPS) is 17.1. The van der Waals surface area contributed by atoms with Crippen LogP contribution in [0.5, 0.6) is 5.75 Å². The first-order valence-electron chi connectivity index (χ1n) is 13.2. The van der Waals surface area contributed by atoms with Crippen LogP contribution in [0.15, 0.2) is 59.5 Å². The fraction of sp³-hybridized carbons (Fsp3) is 0.500. The third-order valence-electron chi connectivity index (χ3n) is 6.91. The van der Waals surface area contributed by atoms with Crippen LogP contribution in [-0.4, -0.2) is 74.9 Å². The summed E-state index contributed by atoms with van der Waals surface area (Å²) in [6.07, 6.45) is -1.19. The van der Waals surface area contributed by atoms with Crippen molar-refractivity contribution >= 4 is 22.1 Å². The van der Waals surface area contributed by atoms with Crippen LogP contribution in [0, 0.1) is 5.92 Å². The number of nitrogens with zero attached hydrogens (tertiary/aromatic N) is 1. The first kappa shape index (κ1) is 30.4. The average Bonchev–Trinajstić information content (AvgIpc) is 3.34. The lowest BCUT2D eigenvalue weighted by atomic mass is 10.0. The zero-order valence-electron chi connectivity index (χ0n) is 22.6. The number of hydrogen-bond donors (Lipinski definition) is 2. The van der Waals surface area contributed by atoms with Crippen molar-refractivity contribution in [1.82, 2.24) is 9.62 Å². The number of amides is 1. The number of aliphatic hydroxyl groups is 1.